The molecule has 1 atom stereocenters. The number of nitrogens with zero attached hydrogens (tertiary/aromatic N) is 1. The second-order valence-corrected chi connectivity index (χ2v) is 4.36. The summed E-state index contributed by atoms with van der Waals surface area (Å²) < 4.78 is 12.9. The molecule has 0 aliphatic carbocycles. The van der Waals surface area contributed by atoms with Gasteiger partial charge in [0.1, 0.15) is 11.9 Å². The number of hydrogen-bond donors (Lipinski definition) is 2. The van der Waals surface area contributed by atoms with Gasteiger partial charge in [-0.2, -0.15) is 0 Å². The largest absolute Gasteiger partial charge is 0.480 e. The van der Waals surface area contributed by atoms with Gasteiger partial charge < -0.3 is 15.3 Å². The van der Waals surface area contributed by atoms with Gasteiger partial charge >= 0.3 is 5.97 Å². The van der Waals surface area contributed by atoms with Crippen molar-refractivity contribution in [3.63, 3.8) is 0 Å². The van der Waals surface area contributed by atoms with Gasteiger partial charge in [-0.05, 0) is 44.2 Å². The fraction of sp³-hybridized carbons (Fsp3) is 0.500. The maximum Gasteiger partial charge on any atom is 0.322 e. The molecule has 0 aromatic heterocycles. The molecule has 0 radical (unpaired) electrons. The van der Waals surface area contributed by atoms with E-state index in [9.17, 15) is 14.3 Å². The van der Waals surface area contributed by atoms with E-state index < -0.39 is 12.0 Å². The van der Waals surface area contributed by atoms with Gasteiger partial charge in [0.15, 0.2) is 0 Å². The first-order valence-electron chi connectivity index (χ1n) is 6.55. The lowest BCUT2D eigenvalue weighted by Gasteiger charge is -2.27. The molecule has 19 heavy (non-hydrogen) atoms. The Kier molecular flexibility index (Phi) is 6.29. The molecule has 1 aromatic rings. The summed E-state index contributed by atoms with van der Waals surface area (Å²) >= 11 is 0. The van der Waals surface area contributed by atoms with Gasteiger partial charge in [-0.1, -0.05) is 6.92 Å². The molecule has 1 unspecified atom stereocenters. The molecule has 106 valence electrons. The van der Waals surface area contributed by atoms with E-state index in [0.717, 1.165) is 12.1 Å². The number of aliphatic carboxylic acids is 1. The highest BCUT2D eigenvalue weighted by atomic mass is 19.1. The molecule has 4 nitrogen and oxygen atoms in total. The molecule has 0 spiro atoms. The Bertz CT molecular complexity index is 395. The summed E-state index contributed by atoms with van der Waals surface area (Å²) in [5, 5.41) is 12.2. The smallest absolute Gasteiger partial charge is 0.322 e. The van der Waals surface area contributed by atoms with Crippen LogP contribution in [0.25, 0.3) is 0 Å². The first-order chi connectivity index (χ1) is 9.08. The van der Waals surface area contributed by atoms with Gasteiger partial charge in [0.05, 0.1) is 0 Å². The molecular formula is C14H21FN2O2. The molecule has 0 bridgehead atoms. The van der Waals surface area contributed by atoms with Crippen LogP contribution in [0.5, 0.6) is 0 Å². The summed E-state index contributed by atoms with van der Waals surface area (Å²) in [6.07, 6.45) is 0.881. The van der Waals surface area contributed by atoms with Gasteiger partial charge in [0.25, 0.3) is 0 Å². The van der Waals surface area contributed by atoms with Gasteiger partial charge in [-0.25, -0.2) is 4.39 Å². The molecule has 1 aromatic carbocycles. The van der Waals surface area contributed by atoms with Crippen LogP contribution in [0.4, 0.5) is 10.1 Å². The van der Waals surface area contributed by atoms with Crippen LogP contribution in [-0.2, 0) is 4.79 Å². The molecule has 0 saturated heterocycles. The highest BCUT2D eigenvalue weighted by Crippen LogP contribution is 2.15. The van der Waals surface area contributed by atoms with E-state index in [1.807, 2.05) is 18.7 Å². The molecule has 0 heterocycles. The van der Waals surface area contributed by atoms with Crippen LogP contribution < -0.4 is 10.2 Å². The molecule has 0 fully saturated rings. The summed E-state index contributed by atoms with van der Waals surface area (Å²) in [4.78, 5) is 13.1. The maximum atomic E-state index is 12.9. The third-order valence-corrected chi connectivity index (χ3v) is 2.92. The zero-order chi connectivity index (χ0) is 14.3. The molecule has 0 aliphatic rings. The van der Waals surface area contributed by atoms with Crippen molar-refractivity contribution in [2.75, 3.05) is 24.5 Å². The van der Waals surface area contributed by atoms with Crippen molar-refractivity contribution in [3.8, 4) is 0 Å². The molecule has 0 amide bonds. The molecule has 0 aliphatic heterocycles. The van der Waals surface area contributed by atoms with Crippen molar-refractivity contribution < 1.29 is 14.3 Å². The highest BCUT2D eigenvalue weighted by molar-refractivity contribution is 5.74. The summed E-state index contributed by atoms with van der Waals surface area (Å²) in [7, 11) is 0. The Morgan fingerprint density at radius 3 is 2.47 bits per heavy atom. The average molecular weight is 268 g/mol. The Hall–Kier alpha value is -1.62. The molecule has 1 rings (SSSR count). The first kappa shape index (κ1) is 15.4. The number of likely N-dealkylation sites (N-methyl/N-ethyl adjacent to an activating group) is 1. The molecule has 0 saturated carbocycles. The zero-order valence-electron chi connectivity index (χ0n) is 11.4. The number of benzene rings is 1. The number of carbonyl (C=O) groups is 1. The SMILES string of the molecule is CCCNC(CN(CC)c1ccc(F)cc1)C(=O)O. The fourth-order valence-electron chi connectivity index (χ4n) is 1.84. The minimum atomic E-state index is -0.867. The minimum absolute atomic E-state index is 0.293. The highest BCUT2D eigenvalue weighted by Gasteiger charge is 2.19. The number of rotatable bonds is 8. The van der Waals surface area contributed by atoms with E-state index in [1.165, 1.54) is 12.1 Å². The lowest BCUT2D eigenvalue weighted by Crippen LogP contribution is -2.46. The summed E-state index contributed by atoms with van der Waals surface area (Å²) in [6.45, 7) is 5.63. The Morgan fingerprint density at radius 2 is 2.00 bits per heavy atom. The molecule has 2 N–H and O–H groups in total. The maximum absolute atomic E-state index is 12.9. The third kappa shape index (κ3) is 4.87. The Labute approximate surface area is 113 Å². The lowest BCUT2D eigenvalue weighted by molar-refractivity contribution is -0.139. The number of halogens is 1. The van der Waals surface area contributed by atoms with Crippen LogP contribution in [0.15, 0.2) is 24.3 Å². The van der Waals surface area contributed by atoms with E-state index in [4.69, 9.17) is 0 Å². The fourth-order valence-corrected chi connectivity index (χ4v) is 1.84. The van der Waals surface area contributed by atoms with Crippen LogP contribution >= 0.6 is 0 Å². The number of nitrogens with one attached hydrogen (secondary N) is 1. The average Bonchev–Trinajstić information content (AvgIpc) is 2.40. The van der Waals surface area contributed by atoms with Crippen molar-refractivity contribution in [1.82, 2.24) is 5.32 Å². The van der Waals surface area contributed by atoms with Gasteiger partial charge in [0, 0.05) is 18.8 Å². The van der Waals surface area contributed by atoms with Gasteiger partial charge in [-0.3, -0.25) is 4.79 Å². The minimum Gasteiger partial charge on any atom is -0.480 e. The third-order valence-electron chi connectivity index (χ3n) is 2.92. The van der Waals surface area contributed by atoms with Gasteiger partial charge in [-0.15, -0.1) is 0 Å². The van der Waals surface area contributed by atoms with E-state index in [1.54, 1.807) is 12.1 Å². The summed E-state index contributed by atoms with van der Waals surface area (Å²) in [5.41, 5.74) is 0.827. The standard InChI is InChI=1S/C14H21FN2O2/c1-3-9-16-13(14(18)19)10-17(4-2)12-7-5-11(15)6-8-12/h5-8,13,16H,3-4,9-10H2,1-2H3,(H,18,19). The van der Waals surface area contributed by atoms with Crippen LogP contribution in [0.2, 0.25) is 0 Å². The zero-order valence-corrected chi connectivity index (χ0v) is 11.4. The predicted molar refractivity (Wildman–Crippen MR) is 74.0 cm³/mol. The van der Waals surface area contributed by atoms with Crippen molar-refractivity contribution in [1.29, 1.82) is 0 Å². The second-order valence-electron chi connectivity index (χ2n) is 4.36. The molecule has 5 heteroatoms. The lowest BCUT2D eigenvalue weighted by atomic mass is 10.2. The van der Waals surface area contributed by atoms with Crippen LogP contribution in [0, 0.1) is 5.82 Å². The van der Waals surface area contributed by atoms with Crippen molar-refractivity contribution in [2.24, 2.45) is 0 Å². The molecular weight excluding hydrogens is 247 g/mol. The van der Waals surface area contributed by atoms with E-state index in [2.05, 4.69) is 5.32 Å². The van der Waals surface area contributed by atoms with Crippen molar-refractivity contribution in [2.45, 2.75) is 26.3 Å². The number of carboxylic acid groups (broad SMARTS) is 1. The summed E-state index contributed by atoms with van der Waals surface area (Å²) in [5.74, 6) is -1.16. The van der Waals surface area contributed by atoms with E-state index in [-0.39, 0.29) is 5.82 Å². The first-order valence-corrected chi connectivity index (χ1v) is 6.55. The quantitative estimate of drug-likeness (QED) is 0.758. The number of carboxylic acids is 1. The Balaban J connectivity index is 2.73. The van der Waals surface area contributed by atoms with E-state index >= 15 is 0 Å². The van der Waals surface area contributed by atoms with E-state index in [0.29, 0.717) is 19.6 Å². The van der Waals surface area contributed by atoms with Crippen LogP contribution in [0.1, 0.15) is 20.3 Å². The number of hydrogen-bond acceptors (Lipinski definition) is 3. The monoisotopic (exact) mass is 268 g/mol. The second kappa shape index (κ2) is 7.74. The normalized spacial score (nSPS) is 12.2. The number of anilines is 1. The Morgan fingerprint density at radius 1 is 1.37 bits per heavy atom. The predicted octanol–water partition coefficient (Wildman–Crippen LogP) is 2.10. The topological polar surface area (TPSA) is 52.6 Å². The van der Waals surface area contributed by atoms with Crippen molar-refractivity contribution in [3.05, 3.63) is 30.1 Å². The van der Waals surface area contributed by atoms with Crippen LogP contribution in [0.3, 0.4) is 0 Å². The van der Waals surface area contributed by atoms with Crippen molar-refractivity contribution >= 4 is 11.7 Å². The summed E-state index contributed by atoms with van der Waals surface area (Å²) in [6, 6.07) is 5.47. The van der Waals surface area contributed by atoms with Gasteiger partial charge in [0.2, 0.25) is 0 Å². The van der Waals surface area contributed by atoms with Crippen LogP contribution in [-0.4, -0.2) is 36.8 Å².